The predicted octanol–water partition coefficient (Wildman–Crippen LogP) is 4.05. The van der Waals surface area contributed by atoms with Crippen molar-refractivity contribution in [2.45, 2.75) is 19.5 Å². The van der Waals surface area contributed by atoms with Crippen LogP contribution in [-0.4, -0.2) is 5.78 Å². The molecule has 0 bridgehead atoms. The molecule has 0 radical (unpaired) electrons. The van der Waals surface area contributed by atoms with E-state index in [0.29, 0.717) is 5.39 Å². The molecule has 1 heterocycles. The molecule has 0 fully saturated rings. The number of thiophene rings is 1. The standard InChI is InChI=1S/C12H9F3OS/c1-7(16)4-10-6-8-5-9(12(13,14)15)2-3-11(8)17-10/h2-3,5-6H,4H2,1H3. The van der Waals surface area contributed by atoms with E-state index in [1.807, 2.05) is 0 Å². The largest absolute Gasteiger partial charge is 0.416 e. The van der Waals surface area contributed by atoms with Crippen molar-refractivity contribution in [1.29, 1.82) is 0 Å². The summed E-state index contributed by atoms with van der Waals surface area (Å²) in [6.07, 6.45) is -4.04. The summed E-state index contributed by atoms with van der Waals surface area (Å²) in [7, 11) is 0. The number of hydrogen-bond donors (Lipinski definition) is 0. The van der Waals surface area contributed by atoms with Gasteiger partial charge < -0.3 is 0 Å². The number of ketones is 1. The summed E-state index contributed by atoms with van der Waals surface area (Å²) in [5.41, 5.74) is -0.655. The van der Waals surface area contributed by atoms with Crippen LogP contribution in [0.15, 0.2) is 24.3 Å². The Kier molecular flexibility index (Phi) is 2.95. The van der Waals surface area contributed by atoms with Gasteiger partial charge in [0.15, 0.2) is 0 Å². The van der Waals surface area contributed by atoms with Crippen molar-refractivity contribution in [2.75, 3.05) is 0 Å². The number of Topliss-reactive ketones (excluding diaryl/α,β-unsaturated/α-hetero) is 1. The maximum Gasteiger partial charge on any atom is 0.416 e. The molecule has 1 nitrogen and oxygen atoms in total. The van der Waals surface area contributed by atoms with Crippen molar-refractivity contribution >= 4 is 27.2 Å². The second-order valence-electron chi connectivity index (χ2n) is 3.84. The quantitative estimate of drug-likeness (QED) is 0.794. The molecule has 0 saturated heterocycles. The van der Waals surface area contributed by atoms with E-state index < -0.39 is 11.7 Å². The summed E-state index contributed by atoms with van der Waals surface area (Å²) in [5, 5.41) is 0.543. The lowest BCUT2D eigenvalue weighted by atomic mass is 10.1. The second-order valence-corrected chi connectivity index (χ2v) is 5.01. The van der Waals surface area contributed by atoms with Crippen LogP contribution in [0.25, 0.3) is 10.1 Å². The lowest BCUT2D eigenvalue weighted by Crippen LogP contribution is -2.03. The number of rotatable bonds is 2. The molecule has 0 N–H and O–H groups in total. The van der Waals surface area contributed by atoms with Crippen LogP contribution in [0, 0.1) is 0 Å². The van der Waals surface area contributed by atoms with Crippen molar-refractivity contribution < 1.29 is 18.0 Å². The normalized spacial score (nSPS) is 12.0. The third kappa shape index (κ3) is 2.66. The van der Waals surface area contributed by atoms with Gasteiger partial charge in [0.1, 0.15) is 5.78 Å². The molecule has 0 aliphatic carbocycles. The van der Waals surface area contributed by atoms with Gasteiger partial charge in [0.25, 0.3) is 0 Å². The average Bonchev–Trinajstić information content (AvgIpc) is 2.55. The Morgan fingerprint density at radius 3 is 2.59 bits per heavy atom. The van der Waals surface area contributed by atoms with Gasteiger partial charge in [-0.25, -0.2) is 0 Å². The van der Waals surface area contributed by atoms with Crippen LogP contribution < -0.4 is 0 Å². The number of fused-ring (bicyclic) bond motifs is 1. The zero-order chi connectivity index (χ0) is 12.6. The van der Waals surface area contributed by atoms with Crippen LogP contribution in [0.5, 0.6) is 0 Å². The third-order valence-corrected chi connectivity index (χ3v) is 3.43. The highest BCUT2D eigenvalue weighted by Crippen LogP contribution is 2.34. The van der Waals surface area contributed by atoms with E-state index in [9.17, 15) is 18.0 Å². The topological polar surface area (TPSA) is 17.1 Å². The first-order valence-electron chi connectivity index (χ1n) is 4.95. The summed E-state index contributed by atoms with van der Waals surface area (Å²) in [6, 6.07) is 5.29. The van der Waals surface area contributed by atoms with Crippen LogP contribution in [0.1, 0.15) is 17.4 Å². The van der Waals surface area contributed by atoms with Crippen molar-refractivity contribution in [3.63, 3.8) is 0 Å². The third-order valence-electron chi connectivity index (χ3n) is 2.32. The number of carbonyl (C=O) groups is 1. The van der Waals surface area contributed by atoms with E-state index in [2.05, 4.69) is 0 Å². The van der Waals surface area contributed by atoms with Crippen molar-refractivity contribution in [3.05, 3.63) is 34.7 Å². The monoisotopic (exact) mass is 258 g/mol. The Hall–Kier alpha value is -1.36. The number of hydrogen-bond acceptors (Lipinski definition) is 2. The molecule has 2 aromatic rings. The van der Waals surface area contributed by atoms with Gasteiger partial charge in [0, 0.05) is 16.0 Å². The molecular weight excluding hydrogens is 249 g/mol. The van der Waals surface area contributed by atoms with Crippen LogP contribution in [0.3, 0.4) is 0 Å². The zero-order valence-corrected chi connectivity index (χ0v) is 9.78. The summed E-state index contributed by atoms with van der Waals surface area (Å²) < 4.78 is 38.2. The van der Waals surface area contributed by atoms with Crippen molar-refractivity contribution in [1.82, 2.24) is 0 Å². The maximum atomic E-state index is 12.5. The van der Waals surface area contributed by atoms with E-state index >= 15 is 0 Å². The lowest BCUT2D eigenvalue weighted by molar-refractivity contribution is -0.137. The van der Waals surface area contributed by atoms with Crippen LogP contribution in [-0.2, 0) is 17.4 Å². The molecule has 1 aromatic heterocycles. The van der Waals surface area contributed by atoms with Gasteiger partial charge in [-0.05, 0) is 36.6 Å². The molecule has 0 saturated carbocycles. The van der Waals surface area contributed by atoms with Gasteiger partial charge in [-0.3, -0.25) is 4.79 Å². The molecule has 0 unspecified atom stereocenters. The van der Waals surface area contributed by atoms with Gasteiger partial charge in [0.2, 0.25) is 0 Å². The average molecular weight is 258 g/mol. The summed E-state index contributed by atoms with van der Waals surface area (Å²) in [5.74, 6) is 0.00704. The highest BCUT2D eigenvalue weighted by molar-refractivity contribution is 7.19. The summed E-state index contributed by atoms with van der Waals surface area (Å²) >= 11 is 1.36. The molecule has 2 rings (SSSR count). The number of halogens is 3. The SMILES string of the molecule is CC(=O)Cc1cc2cc(C(F)(F)F)ccc2s1. The highest BCUT2D eigenvalue weighted by Gasteiger charge is 2.30. The number of benzene rings is 1. The first kappa shape index (κ1) is 12.1. The minimum absolute atomic E-state index is 0.00704. The van der Waals surface area contributed by atoms with E-state index in [0.717, 1.165) is 21.7 Å². The molecule has 0 spiro atoms. The Labute approximate surface area is 99.9 Å². The molecule has 0 atom stereocenters. The molecule has 0 aliphatic heterocycles. The van der Waals surface area contributed by atoms with Gasteiger partial charge in [0.05, 0.1) is 5.56 Å². The molecule has 90 valence electrons. The van der Waals surface area contributed by atoms with Gasteiger partial charge in [-0.1, -0.05) is 0 Å². The Morgan fingerprint density at radius 1 is 1.29 bits per heavy atom. The maximum absolute atomic E-state index is 12.5. The fourth-order valence-electron chi connectivity index (χ4n) is 1.61. The van der Waals surface area contributed by atoms with E-state index in [4.69, 9.17) is 0 Å². The fourth-order valence-corrected chi connectivity index (χ4v) is 2.72. The minimum atomic E-state index is -4.32. The van der Waals surface area contributed by atoms with E-state index in [1.165, 1.54) is 24.3 Å². The Morgan fingerprint density at radius 2 is 2.00 bits per heavy atom. The van der Waals surface area contributed by atoms with Gasteiger partial charge in [-0.2, -0.15) is 13.2 Å². The zero-order valence-electron chi connectivity index (χ0n) is 8.97. The smallest absolute Gasteiger partial charge is 0.300 e. The molecule has 5 heteroatoms. The minimum Gasteiger partial charge on any atom is -0.300 e. The Balaban J connectivity index is 2.44. The summed E-state index contributed by atoms with van der Waals surface area (Å²) in [4.78, 5) is 11.7. The molecule has 0 amide bonds. The second kappa shape index (κ2) is 4.14. The Bertz CT molecular complexity index is 569. The molecular formula is C12H9F3OS. The van der Waals surface area contributed by atoms with Gasteiger partial charge >= 0.3 is 6.18 Å². The number of carbonyl (C=O) groups excluding carboxylic acids is 1. The van der Waals surface area contributed by atoms with Crippen LogP contribution in [0.4, 0.5) is 13.2 Å². The number of alkyl halides is 3. The van der Waals surface area contributed by atoms with Crippen molar-refractivity contribution in [3.8, 4) is 0 Å². The first-order valence-corrected chi connectivity index (χ1v) is 5.77. The van der Waals surface area contributed by atoms with Crippen LogP contribution >= 0.6 is 11.3 Å². The molecule has 0 aliphatic rings. The lowest BCUT2D eigenvalue weighted by Gasteiger charge is -2.05. The summed E-state index contributed by atoms with van der Waals surface area (Å²) in [6.45, 7) is 1.46. The fraction of sp³-hybridized carbons (Fsp3) is 0.250. The van der Waals surface area contributed by atoms with E-state index in [-0.39, 0.29) is 12.2 Å². The molecule has 17 heavy (non-hydrogen) atoms. The highest BCUT2D eigenvalue weighted by atomic mass is 32.1. The van der Waals surface area contributed by atoms with Crippen LogP contribution in [0.2, 0.25) is 0 Å². The van der Waals surface area contributed by atoms with E-state index in [1.54, 1.807) is 6.07 Å². The van der Waals surface area contributed by atoms with Gasteiger partial charge in [-0.15, -0.1) is 11.3 Å². The van der Waals surface area contributed by atoms with Crippen molar-refractivity contribution in [2.24, 2.45) is 0 Å². The predicted molar refractivity (Wildman–Crippen MR) is 61.2 cm³/mol. The molecule has 1 aromatic carbocycles. The first-order chi connectivity index (χ1) is 7.86.